The summed E-state index contributed by atoms with van der Waals surface area (Å²) in [7, 11) is 0. The Hall–Kier alpha value is -3.13. The minimum Gasteiger partial charge on any atom is -0.451 e. The molecule has 5 rings (SSSR count). The minimum atomic E-state index is -0.244. The first kappa shape index (κ1) is 22.7. The van der Waals surface area contributed by atoms with Gasteiger partial charge in [-0.2, -0.15) is 0 Å². The van der Waals surface area contributed by atoms with Crippen molar-refractivity contribution >= 4 is 56.9 Å². The first-order valence-electron chi connectivity index (χ1n) is 11.0. The molecular formula is C25H22Cl2N4O3. The van der Waals surface area contributed by atoms with Crippen LogP contribution in [0.1, 0.15) is 33.8 Å². The van der Waals surface area contributed by atoms with Gasteiger partial charge in [-0.25, -0.2) is 5.01 Å². The van der Waals surface area contributed by atoms with Crippen molar-refractivity contribution in [3.8, 4) is 0 Å². The molecule has 7 nitrogen and oxygen atoms in total. The zero-order valence-electron chi connectivity index (χ0n) is 18.2. The maximum Gasteiger partial charge on any atom is 0.287 e. The fraction of sp³-hybridized carbons (Fsp3) is 0.240. The lowest BCUT2D eigenvalue weighted by molar-refractivity contribution is 0.0697. The SMILES string of the molecule is O=C(NN1CCC(CNC(=O)c2cc3cc(Cl)ccc3o2)CC1)c1cnc2ccc(Cl)cc2c1. The van der Waals surface area contributed by atoms with E-state index in [1.54, 1.807) is 48.7 Å². The number of hydrazine groups is 1. The Morgan fingerprint density at radius 2 is 1.71 bits per heavy atom. The third-order valence-electron chi connectivity index (χ3n) is 6.03. The summed E-state index contributed by atoms with van der Waals surface area (Å²) in [5.74, 6) is 0.144. The molecule has 3 heterocycles. The Balaban J connectivity index is 1.11. The number of furan rings is 1. The number of carbonyl (C=O) groups is 2. The smallest absolute Gasteiger partial charge is 0.287 e. The highest BCUT2D eigenvalue weighted by molar-refractivity contribution is 6.31. The van der Waals surface area contributed by atoms with Crippen LogP contribution in [-0.2, 0) is 0 Å². The summed E-state index contributed by atoms with van der Waals surface area (Å²) in [4.78, 5) is 29.5. The second-order valence-corrected chi connectivity index (χ2v) is 9.31. The molecule has 2 N–H and O–H groups in total. The average Bonchev–Trinajstić information content (AvgIpc) is 3.26. The van der Waals surface area contributed by atoms with E-state index >= 15 is 0 Å². The standard InChI is InChI=1S/C25H22Cl2N4O3/c26-19-1-3-21-16(10-19)9-18(14-28-21)24(32)30-31-7-5-15(6-8-31)13-29-25(33)23-12-17-11-20(27)2-4-22(17)34-23/h1-4,9-12,14-15H,5-8,13H2,(H,29,33)(H,30,32). The molecule has 34 heavy (non-hydrogen) atoms. The molecule has 0 radical (unpaired) electrons. The van der Waals surface area contributed by atoms with E-state index in [0.29, 0.717) is 46.7 Å². The first-order chi connectivity index (χ1) is 16.4. The first-order valence-corrected chi connectivity index (χ1v) is 11.8. The molecule has 0 saturated carbocycles. The van der Waals surface area contributed by atoms with Gasteiger partial charge in [-0.05, 0) is 67.3 Å². The molecule has 1 saturated heterocycles. The summed E-state index contributed by atoms with van der Waals surface area (Å²) in [5.41, 5.74) is 4.85. The molecule has 4 aromatic rings. The Kier molecular flexibility index (Phi) is 6.41. The summed E-state index contributed by atoms with van der Waals surface area (Å²) in [5, 5.41) is 7.68. The normalized spacial score (nSPS) is 15.0. The van der Waals surface area contributed by atoms with E-state index in [9.17, 15) is 9.59 Å². The Morgan fingerprint density at radius 3 is 2.50 bits per heavy atom. The summed E-state index contributed by atoms with van der Waals surface area (Å²) < 4.78 is 5.62. The van der Waals surface area contributed by atoms with Gasteiger partial charge in [0.15, 0.2) is 5.76 Å². The predicted octanol–water partition coefficient (Wildman–Crippen LogP) is 5.07. The number of hydrogen-bond acceptors (Lipinski definition) is 5. The van der Waals surface area contributed by atoms with Gasteiger partial charge in [-0.3, -0.25) is 20.0 Å². The average molecular weight is 497 g/mol. The zero-order valence-corrected chi connectivity index (χ0v) is 19.7. The molecule has 1 fully saturated rings. The summed E-state index contributed by atoms with van der Waals surface area (Å²) >= 11 is 12.0. The molecule has 0 bridgehead atoms. The predicted molar refractivity (Wildman–Crippen MR) is 132 cm³/mol. The van der Waals surface area contributed by atoms with Gasteiger partial charge in [-0.15, -0.1) is 0 Å². The maximum absolute atomic E-state index is 12.7. The van der Waals surface area contributed by atoms with Crippen LogP contribution in [0.25, 0.3) is 21.9 Å². The molecule has 9 heteroatoms. The van der Waals surface area contributed by atoms with Crippen molar-refractivity contribution in [2.75, 3.05) is 19.6 Å². The summed E-state index contributed by atoms with van der Waals surface area (Å²) in [6.07, 6.45) is 3.27. The lowest BCUT2D eigenvalue weighted by atomic mass is 9.97. The highest BCUT2D eigenvalue weighted by Gasteiger charge is 2.22. The van der Waals surface area contributed by atoms with Crippen molar-refractivity contribution in [3.05, 3.63) is 76.1 Å². The molecule has 0 unspecified atom stereocenters. The monoisotopic (exact) mass is 496 g/mol. The van der Waals surface area contributed by atoms with Crippen molar-refractivity contribution in [2.45, 2.75) is 12.8 Å². The van der Waals surface area contributed by atoms with E-state index < -0.39 is 0 Å². The number of nitrogens with one attached hydrogen (secondary N) is 2. The number of pyridine rings is 1. The van der Waals surface area contributed by atoms with Gasteiger partial charge in [0.25, 0.3) is 11.8 Å². The quantitative estimate of drug-likeness (QED) is 0.402. The van der Waals surface area contributed by atoms with Crippen LogP contribution >= 0.6 is 23.2 Å². The molecule has 0 spiro atoms. The number of aromatic nitrogens is 1. The van der Waals surface area contributed by atoms with E-state index in [-0.39, 0.29) is 17.6 Å². The van der Waals surface area contributed by atoms with E-state index in [4.69, 9.17) is 27.6 Å². The van der Waals surface area contributed by atoms with Crippen molar-refractivity contribution in [3.63, 3.8) is 0 Å². The molecule has 2 amide bonds. The Morgan fingerprint density at radius 1 is 0.971 bits per heavy atom. The van der Waals surface area contributed by atoms with Crippen molar-refractivity contribution in [1.82, 2.24) is 20.7 Å². The summed E-state index contributed by atoms with van der Waals surface area (Å²) in [6, 6.07) is 14.1. The molecule has 174 valence electrons. The van der Waals surface area contributed by atoms with E-state index in [0.717, 1.165) is 29.1 Å². The zero-order chi connectivity index (χ0) is 23.7. The number of piperidine rings is 1. The highest BCUT2D eigenvalue weighted by Crippen LogP contribution is 2.23. The molecule has 2 aromatic carbocycles. The number of nitrogens with zero attached hydrogens (tertiary/aromatic N) is 2. The molecular weight excluding hydrogens is 475 g/mol. The van der Waals surface area contributed by atoms with Gasteiger partial charge in [0.05, 0.1) is 11.1 Å². The second kappa shape index (κ2) is 9.62. The van der Waals surface area contributed by atoms with Crippen LogP contribution in [0.15, 0.2) is 59.1 Å². The number of fused-ring (bicyclic) bond motifs is 2. The largest absolute Gasteiger partial charge is 0.451 e. The third kappa shape index (κ3) is 5.01. The second-order valence-electron chi connectivity index (χ2n) is 8.44. The lowest BCUT2D eigenvalue weighted by Crippen LogP contribution is -2.48. The number of rotatable bonds is 5. The lowest BCUT2D eigenvalue weighted by Gasteiger charge is -2.32. The third-order valence-corrected chi connectivity index (χ3v) is 6.50. The molecule has 0 atom stereocenters. The van der Waals surface area contributed by atoms with Crippen LogP contribution in [0.3, 0.4) is 0 Å². The number of amides is 2. The van der Waals surface area contributed by atoms with Gasteiger partial charge in [0.2, 0.25) is 0 Å². The van der Waals surface area contributed by atoms with Crippen LogP contribution in [0.2, 0.25) is 10.0 Å². The van der Waals surface area contributed by atoms with Crippen LogP contribution in [0, 0.1) is 5.92 Å². The molecule has 1 aliphatic heterocycles. The van der Waals surface area contributed by atoms with E-state index in [2.05, 4.69) is 15.7 Å². The maximum atomic E-state index is 12.7. The number of halogens is 2. The van der Waals surface area contributed by atoms with Crippen molar-refractivity contribution in [1.29, 1.82) is 0 Å². The van der Waals surface area contributed by atoms with Gasteiger partial charge < -0.3 is 9.73 Å². The molecule has 0 aliphatic carbocycles. The van der Waals surface area contributed by atoms with Crippen molar-refractivity contribution in [2.24, 2.45) is 5.92 Å². The molecule has 2 aromatic heterocycles. The van der Waals surface area contributed by atoms with E-state index in [1.807, 2.05) is 11.1 Å². The number of hydrogen-bond donors (Lipinski definition) is 2. The number of carbonyl (C=O) groups excluding carboxylic acids is 2. The van der Waals surface area contributed by atoms with Crippen molar-refractivity contribution < 1.29 is 14.0 Å². The topological polar surface area (TPSA) is 87.5 Å². The Bertz CT molecular complexity index is 1380. The fourth-order valence-electron chi connectivity index (χ4n) is 4.13. The number of benzene rings is 2. The minimum absolute atomic E-state index is 0.203. The van der Waals surface area contributed by atoms with E-state index in [1.165, 1.54) is 0 Å². The van der Waals surface area contributed by atoms with Gasteiger partial charge in [0.1, 0.15) is 5.58 Å². The van der Waals surface area contributed by atoms with Crippen LogP contribution in [-0.4, -0.2) is 41.4 Å². The van der Waals surface area contributed by atoms with Crippen LogP contribution in [0.4, 0.5) is 0 Å². The summed E-state index contributed by atoms with van der Waals surface area (Å²) in [6.45, 7) is 1.94. The highest BCUT2D eigenvalue weighted by atomic mass is 35.5. The van der Waals surface area contributed by atoms with Gasteiger partial charge in [-0.1, -0.05) is 23.2 Å². The van der Waals surface area contributed by atoms with Crippen LogP contribution < -0.4 is 10.7 Å². The Labute approximate surface area is 206 Å². The fourth-order valence-corrected chi connectivity index (χ4v) is 4.50. The van der Waals surface area contributed by atoms with Gasteiger partial charge in [0, 0.05) is 46.6 Å². The van der Waals surface area contributed by atoms with Crippen LogP contribution in [0.5, 0.6) is 0 Å². The molecule has 1 aliphatic rings. The van der Waals surface area contributed by atoms with Gasteiger partial charge >= 0.3 is 0 Å².